The molecule has 0 atom stereocenters. The Morgan fingerprint density at radius 1 is 1.30 bits per heavy atom. The maximum Gasteiger partial charge on any atom is 0.418 e. The zero-order valence-electron chi connectivity index (χ0n) is 12.3. The molecule has 0 aromatic heterocycles. The molecule has 112 valence electrons. The molecular weight excluding hydrogens is 279 g/mol. The summed E-state index contributed by atoms with van der Waals surface area (Å²) in [4.78, 5) is 0. The van der Waals surface area contributed by atoms with E-state index in [0.717, 1.165) is 12.5 Å². The first-order valence-corrected chi connectivity index (χ1v) is 9.99. The summed E-state index contributed by atoms with van der Waals surface area (Å²) in [5.74, 6) is 0. The van der Waals surface area contributed by atoms with Crippen molar-refractivity contribution in [1.82, 2.24) is 0 Å². The molecule has 1 rings (SSSR count). The number of hydrogen-bond acceptors (Lipinski definition) is 1. The van der Waals surface area contributed by atoms with Gasteiger partial charge < -0.3 is 5.32 Å². The van der Waals surface area contributed by atoms with Crippen LogP contribution < -0.4 is 5.32 Å². The summed E-state index contributed by atoms with van der Waals surface area (Å²) in [6.45, 7) is 10.4. The van der Waals surface area contributed by atoms with Crippen LogP contribution in [0.4, 0.5) is 18.9 Å². The SMILES string of the molecule is C=C[Si](C)(C)CCCNc1ccc(C)cc1C(F)(F)F. The van der Waals surface area contributed by atoms with Gasteiger partial charge in [0.05, 0.1) is 13.6 Å². The van der Waals surface area contributed by atoms with Crippen LogP contribution in [0.25, 0.3) is 0 Å². The molecular formula is C15H22F3NSi. The maximum atomic E-state index is 12.9. The van der Waals surface area contributed by atoms with Gasteiger partial charge in [-0.3, -0.25) is 0 Å². The highest BCUT2D eigenvalue weighted by molar-refractivity contribution is 6.82. The molecule has 0 fully saturated rings. The molecule has 0 amide bonds. The number of rotatable bonds is 6. The smallest absolute Gasteiger partial charge is 0.385 e. The van der Waals surface area contributed by atoms with E-state index in [4.69, 9.17) is 0 Å². The van der Waals surface area contributed by atoms with E-state index < -0.39 is 19.8 Å². The fourth-order valence-corrected chi connectivity index (χ4v) is 3.21. The Hall–Kier alpha value is -1.23. The summed E-state index contributed by atoms with van der Waals surface area (Å²) in [6.07, 6.45) is -3.46. The summed E-state index contributed by atoms with van der Waals surface area (Å²) in [7, 11) is -1.37. The largest absolute Gasteiger partial charge is 0.418 e. The van der Waals surface area contributed by atoms with Gasteiger partial charge in [-0.2, -0.15) is 13.2 Å². The lowest BCUT2D eigenvalue weighted by atomic mass is 10.1. The van der Waals surface area contributed by atoms with Crippen molar-refractivity contribution in [3.8, 4) is 0 Å². The Morgan fingerprint density at radius 3 is 2.50 bits per heavy atom. The van der Waals surface area contributed by atoms with Gasteiger partial charge in [0.1, 0.15) is 0 Å². The van der Waals surface area contributed by atoms with Gasteiger partial charge >= 0.3 is 6.18 Å². The first-order chi connectivity index (χ1) is 9.15. The molecule has 0 heterocycles. The zero-order valence-corrected chi connectivity index (χ0v) is 13.3. The highest BCUT2D eigenvalue weighted by Gasteiger charge is 2.33. The van der Waals surface area contributed by atoms with E-state index in [-0.39, 0.29) is 5.69 Å². The summed E-state index contributed by atoms with van der Waals surface area (Å²) >= 11 is 0. The van der Waals surface area contributed by atoms with Crippen LogP contribution in [0.2, 0.25) is 19.1 Å². The van der Waals surface area contributed by atoms with Crippen LogP contribution in [0.1, 0.15) is 17.5 Å². The summed E-state index contributed by atoms with van der Waals surface area (Å²) < 4.78 is 38.8. The lowest BCUT2D eigenvalue weighted by Gasteiger charge is -2.18. The molecule has 0 aliphatic rings. The van der Waals surface area contributed by atoms with Crippen LogP contribution in [0.5, 0.6) is 0 Å². The number of nitrogens with one attached hydrogen (secondary N) is 1. The molecule has 1 aromatic rings. The van der Waals surface area contributed by atoms with Crippen molar-refractivity contribution in [3.63, 3.8) is 0 Å². The van der Waals surface area contributed by atoms with Crippen LogP contribution in [0.15, 0.2) is 30.5 Å². The lowest BCUT2D eigenvalue weighted by Crippen LogP contribution is -2.23. The zero-order chi connectivity index (χ0) is 15.4. The monoisotopic (exact) mass is 301 g/mol. The molecule has 0 unspecified atom stereocenters. The average Bonchev–Trinajstić information content (AvgIpc) is 2.35. The number of halogens is 3. The van der Waals surface area contributed by atoms with Crippen molar-refractivity contribution >= 4 is 13.8 Å². The molecule has 5 heteroatoms. The van der Waals surface area contributed by atoms with Crippen LogP contribution in [0, 0.1) is 6.92 Å². The van der Waals surface area contributed by atoms with Gasteiger partial charge in [0, 0.05) is 12.2 Å². The number of aryl methyl sites for hydroxylation is 1. The second-order valence-corrected chi connectivity index (χ2v) is 10.7. The fourth-order valence-electron chi connectivity index (χ4n) is 1.92. The molecule has 20 heavy (non-hydrogen) atoms. The summed E-state index contributed by atoms with van der Waals surface area (Å²) in [5, 5.41) is 2.91. The Labute approximate surface area is 119 Å². The predicted molar refractivity (Wildman–Crippen MR) is 81.8 cm³/mol. The van der Waals surface area contributed by atoms with Crippen molar-refractivity contribution in [3.05, 3.63) is 41.6 Å². The van der Waals surface area contributed by atoms with Gasteiger partial charge in [0.25, 0.3) is 0 Å². The van der Waals surface area contributed by atoms with E-state index >= 15 is 0 Å². The van der Waals surface area contributed by atoms with E-state index in [0.29, 0.717) is 12.1 Å². The number of benzene rings is 1. The van der Waals surface area contributed by atoms with Crippen molar-refractivity contribution in [2.45, 2.75) is 38.7 Å². The highest BCUT2D eigenvalue weighted by atomic mass is 28.3. The summed E-state index contributed by atoms with van der Waals surface area (Å²) in [6, 6.07) is 5.41. The molecule has 0 bridgehead atoms. The van der Waals surface area contributed by atoms with Crippen molar-refractivity contribution < 1.29 is 13.2 Å². The third-order valence-corrected chi connectivity index (χ3v) is 6.09. The third kappa shape index (κ3) is 5.04. The van der Waals surface area contributed by atoms with Gasteiger partial charge in [0.2, 0.25) is 0 Å². The van der Waals surface area contributed by atoms with Crippen LogP contribution in [-0.2, 0) is 6.18 Å². The topological polar surface area (TPSA) is 12.0 Å². The normalized spacial score (nSPS) is 12.3. The molecule has 1 aromatic carbocycles. The van der Waals surface area contributed by atoms with Gasteiger partial charge in [-0.25, -0.2) is 0 Å². The number of hydrogen-bond donors (Lipinski definition) is 1. The third-order valence-electron chi connectivity index (χ3n) is 3.35. The van der Waals surface area contributed by atoms with E-state index in [1.165, 1.54) is 12.1 Å². The second kappa shape index (κ2) is 6.48. The molecule has 0 saturated heterocycles. The Morgan fingerprint density at radius 2 is 1.95 bits per heavy atom. The average molecular weight is 301 g/mol. The van der Waals surface area contributed by atoms with Crippen LogP contribution >= 0.6 is 0 Å². The Balaban J connectivity index is 2.67. The minimum atomic E-state index is -4.32. The number of anilines is 1. The second-order valence-electron chi connectivity index (χ2n) is 5.77. The van der Waals surface area contributed by atoms with Crippen LogP contribution in [-0.4, -0.2) is 14.6 Å². The first-order valence-electron chi connectivity index (χ1n) is 6.71. The highest BCUT2D eigenvalue weighted by Crippen LogP contribution is 2.35. The molecule has 0 spiro atoms. The molecule has 0 radical (unpaired) electrons. The van der Waals surface area contributed by atoms with E-state index in [1.54, 1.807) is 13.0 Å². The standard InChI is InChI=1S/C15H22F3NSi/c1-5-20(3,4)10-6-9-19-14-8-7-12(2)11-13(14)15(16,17)18/h5,7-8,11,19H,1,6,9-10H2,2-4H3. The molecule has 1 N–H and O–H groups in total. The van der Waals surface area contributed by atoms with Gasteiger partial charge in [-0.1, -0.05) is 30.8 Å². The predicted octanol–water partition coefficient (Wildman–Crippen LogP) is 5.25. The molecule has 0 aliphatic carbocycles. The van der Waals surface area contributed by atoms with Crippen molar-refractivity contribution in [2.24, 2.45) is 0 Å². The molecule has 1 nitrogen and oxygen atoms in total. The molecule has 0 aliphatic heterocycles. The van der Waals surface area contributed by atoms with Gasteiger partial charge in [0.15, 0.2) is 0 Å². The van der Waals surface area contributed by atoms with Gasteiger partial charge in [-0.05, 0) is 25.5 Å². The van der Waals surface area contributed by atoms with E-state index in [1.807, 2.05) is 5.70 Å². The number of alkyl halides is 3. The minimum Gasteiger partial charge on any atom is -0.385 e. The van der Waals surface area contributed by atoms with E-state index in [9.17, 15) is 13.2 Å². The maximum absolute atomic E-state index is 12.9. The fraction of sp³-hybridized carbons (Fsp3) is 0.467. The van der Waals surface area contributed by atoms with E-state index in [2.05, 4.69) is 25.0 Å². The quantitative estimate of drug-likeness (QED) is 0.559. The van der Waals surface area contributed by atoms with Crippen molar-refractivity contribution in [1.29, 1.82) is 0 Å². The summed E-state index contributed by atoms with van der Waals surface area (Å²) in [5.41, 5.74) is 2.21. The van der Waals surface area contributed by atoms with Gasteiger partial charge in [-0.15, -0.1) is 12.3 Å². The Bertz CT molecular complexity index is 467. The minimum absolute atomic E-state index is 0.168. The lowest BCUT2D eigenvalue weighted by molar-refractivity contribution is -0.137. The van der Waals surface area contributed by atoms with Crippen LogP contribution in [0.3, 0.4) is 0 Å². The first kappa shape index (κ1) is 16.8. The van der Waals surface area contributed by atoms with Crippen molar-refractivity contribution in [2.75, 3.05) is 11.9 Å². The molecule has 0 saturated carbocycles. The Kier molecular flexibility index (Phi) is 5.45.